The van der Waals surface area contributed by atoms with E-state index in [0.29, 0.717) is 4.90 Å². The predicted molar refractivity (Wildman–Crippen MR) is 83.0 cm³/mol. The van der Waals surface area contributed by atoms with Crippen LogP contribution in [0.2, 0.25) is 0 Å². The van der Waals surface area contributed by atoms with Crippen LogP contribution in [0.1, 0.15) is 43.8 Å². The molecule has 2 atom stereocenters. The highest BCUT2D eigenvalue weighted by atomic mass is 32.2. The van der Waals surface area contributed by atoms with Crippen LogP contribution in [0.4, 0.5) is 0 Å². The number of benzene rings is 1. The molecule has 0 aliphatic heterocycles. The van der Waals surface area contributed by atoms with E-state index in [1.807, 2.05) is 0 Å². The Morgan fingerprint density at radius 3 is 2.76 bits per heavy atom. The van der Waals surface area contributed by atoms with Gasteiger partial charge in [0.05, 0.1) is 15.9 Å². The van der Waals surface area contributed by atoms with E-state index >= 15 is 0 Å². The lowest BCUT2D eigenvalue weighted by molar-refractivity contribution is 0.488. The molecule has 114 valence electrons. The standard InChI is InChI=1S/C15H21N3O2S/c1-21(19,20)10-7-8-13-14(9-10)18-15(17-13)11-5-3-2-4-6-12(11)16/h7-9,11-12H,2-6,16H2,1H3,(H,17,18). The van der Waals surface area contributed by atoms with Crippen molar-refractivity contribution < 1.29 is 8.42 Å². The average molecular weight is 307 g/mol. The Hall–Kier alpha value is -1.40. The van der Waals surface area contributed by atoms with E-state index in [9.17, 15) is 8.42 Å². The van der Waals surface area contributed by atoms with E-state index < -0.39 is 9.84 Å². The summed E-state index contributed by atoms with van der Waals surface area (Å²) in [6, 6.07) is 5.15. The minimum Gasteiger partial charge on any atom is -0.342 e. The van der Waals surface area contributed by atoms with Crippen molar-refractivity contribution in [2.45, 2.75) is 49.0 Å². The molecule has 1 aliphatic carbocycles. The molecule has 1 aliphatic rings. The molecule has 1 saturated carbocycles. The molecular formula is C15H21N3O2S. The van der Waals surface area contributed by atoms with Crippen molar-refractivity contribution in [1.29, 1.82) is 0 Å². The number of H-pyrrole nitrogens is 1. The molecule has 0 amide bonds. The van der Waals surface area contributed by atoms with Crippen molar-refractivity contribution in [2.24, 2.45) is 5.73 Å². The molecule has 0 bridgehead atoms. The van der Waals surface area contributed by atoms with Crippen LogP contribution in [0, 0.1) is 0 Å². The molecule has 1 aromatic carbocycles. The molecule has 0 spiro atoms. The highest BCUT2D eigenvalue weighted by Crippen LogP contribution is 2.30. The number of aromatic amines is 1. The number of aromatic nitrogens is 2. The fourth-order valence-electron chi connectivity index (χ4n) is 3.09. The Balaban J connectivity index is 2.00. The lowest BCUT2D eigenvalue weighted by atomic mass is 9.95. The maximum atomic E-state index is 11.6. The summed E-state index contributed by atoms with van der Waals surface area (Å²) in [6.45, 7) is 0. The fourth-order valence-corrected chi connectivity index (χ4v) is 3.74. The smallest absolute Gasteiger partial charge is 0.175 e. The van der Waals surface area contributed by atoms with E-state index in [-0.39, 0.29) is 12.0 Å². The lowest BCUT2D eigenvalue weighted by Crippen LogP contribution is -2.27. The van der Waals surface area contributed by atoms with Gasteiger partial charge in [-0.15, -0.1) is 0 Å². The lowest BCUT2D eigenvalue weighted by Gasteiger charge is -2.18. The topological polar surface area (TPSA) is 88.8 Å². The molecule has 0 saturated heterocycles. The zero-order valence-electron chi connectivity index (χ0n) is 12.2. The van der Waals surface area contributed by atoms with Gasteiger partial charge in [-0.2, -0.15) is 0 Å². The molecule has 2 aromatic rings. The number of sulfone groups is 1. The van der Waals surface area contributed by atoms with Gasteiger partial charge in [-0.3, -0.25) is 0 Å². The van der Waals surface area contributed by atoms with Crippen molar-refractivity contribution in [3.63, 3.8) is 0 Å². The monoisotopic (exact) mass is 307 g/mol. The number of nitrogens with zero attached hydrogens (tertiary/aromatic N) is 1. The molecule has 1 heterocycles. The third kappa shape index (κ3) is 2.96. The van der Waals surface area contributed by atoms with Gasteiger partial charge >= 0.3 is 0 Å². The van der Waals surface area contributed by atoms with E-state index in [1.165, 1.54) is 25.5 Å². The first-order valence-electron chi connectivity index (χ1n) is 7.40. The quantitative estimate of drug-likeness (QED) is 0.833. The Kier molecular flexibility index (Phi) is 3.75. The Morgan fingerprint density at radius 1 is 1.24 bits per heavy atom. The number of rotatable bonds is 2. The Labute approximate surface area is 124 Å². The van der Waals surface area contributed by atoms with Crippen LogP contribution in [0.3, 0.4) is 0 Å². The van der Waals surface area contributed by atoms with Gasteiger partial charge in [0.25, 0.3) is 0 Å². The summed E-state index contributed by atoms with van der Waals surface area (Å²) in [7, 11) is -3.20. The van der Waals surface area contributed by atoms with Gasteiger partial charge in [0.15, 0.2) is 9.84 Å². The predicted octanol–water partition coefficient (Wildman–Crippen LogP) is 2.34. The largest absolute Gasteiger partial charge is 0.342 e. The van der Waals surface area contributed by atoms with Crippen molar-refractivity contribution in [2.75, 3.05) is 6.26 Å². The van der Waals surface area contributed by atoms with Gasteiger partial charge < -0.3 is 10.7 Å². The highest BCUT2D eigenvalue weighted by molar-refractivity contribution is 7.90. The molecule has 0 radical (unpaired) electrons. The van der Waals surface area contributed by atoms with Crippen LogP contribution in [-0.2, 0) is 9.84 Å². The van der Waals surface area contributed by atoms with Gasteiger partial charge in [-0.1, -0.05) is 19.3 Å². The second-order valence-electron chi connectivity index (χ2n) is 5.98. The summed E-state index contributed by atoms with van der Waals surface area (Å²) in [5, 5.41) is 0. The molecule has 6 heteroatoms. The summed E-state index contributed by atoms with van der Waals surface area (Å²) in [5.74, 6) is 1.13. The molecular weight excluding hydrogens is 286 g/mol. The Morgan fingerprint density at radius 2 is 2.00 bits per heavy atom. The third-order valence-electron chi connectivity index (χ3n) is 4.32. The number of hydrogen-bond donors (Lipinski definition) is 2. The van der Waals surface area contributed by atoms with Crippen LogP contribution in [0.5, 0.6) is 0 Å². The van der Waals surface area contributed by atoms with Crippen LogP contribution in [0.25, 0.3) is 11.0 Å². The van der Waals surface area contributed by atoms with Gasteiger partial charge in [0, 0.05) is 18.2 Å². The maximum absolute atomic E-state index is 11.6. The summed E-state index contributed by atoms with van der Waals surface area (Å²) in [5.41, 5.74) is 7.84. The Bertz CT molecular complexity index is 751. The van der Waals surface area contributed by atoms with Gasteiger partial charge in [-0.05, 0) is 31.0 Å². The van der Waals surface area contributed by atoms with Gasteiger partial charge in [0.2, 0.25) is 0 Å². The van der Waals surface area contributed by atoms with Crippen molar-refractivity contribution in [3.05, 3.63) is 24.0 Å². The van der Waals surface area contributed by atoms with Crippen LogP contribution >= 0.6 is 0 Å². The van der Waals surface area contributed by atoms with Crippen molar-refractivity contribution >= 4 is 20.9 Å². The zero-order chi connectivity index (χ0) is 15.0. The first-order chi connectivity index (χ1) is 9.95. The average Bonchev–Trinajstić information content (AvgIpc) is 2.72. The molecule has 1 aromatic heterocycles. The van der Waals surface area contributed by atoms with Crippen LogP contribution in [0.15, 0.2) is 23.1 Å². The number of hydrogen-bond acceptors (Lipinski definition) is 4. The molecule has 3 N–H and O–H groups in total. The number of fused-ring (bicyclic) bond motifs is 1. The maximum Gasteiger partial charge on any atom is 0.175 e. The van der Waals surface area contributed by atoms with Gasteiger partial charge in [0.1, 0.15) is 5.82 Å². The van der Waals surface area contributed by atoms with E-state index in [4.69, 9.17) is 5.73 Å². The molecule has 1 fully saturated rings. The molecule has 5 nitrogen and oxygen atoms in total. The van der Waals surface area contributed by atoms with Crippen LogP contribution in [-0.4, -0.2) is 30.7 Å². The van der Waals surface area contributed by atoms with Crippen molar-refractivity contribution in [1.82, 2.24) is 9.97 Å². The number of imidazole rings is 1. The fraction of sp³-hybridized carbons (Fsp3) is 0.533. The van der Waals surface area contributed by atoms with E-state index in [0.717, 1.165) is 29.7 Å². The summed E-state index contributed by atoms with van der Waals surface area (Å²) < 4.78 is 23.3. The van der Waals surface area contributed by atoms with Crippen LogP contribution < -0.4 is 5.73 Å². The van der Waals surface area contributed by atoms with E-state index in [1.54, 1.807) is 18.2 Å². The third-order valence-corrected chi connectivity index (χ3v) is 5.43. The first kappa shape index (κ1) is 14.5. The second-order valence-corrected chi connectivity index (χ2v) is 8.00. The summed E-state index contributed by atoms with van der Waals surface area (Å²) in [6.07, 6.45) is 6.85. The zero-order valence-corrected chi connectivity index (χ0v) is 13.0. The second kappa shape index (κ2) is 5.42. The minimum absolute atomic E-state index is 0.127. The molecule has 2 unspecified atom stereocenters. The van der Waals surface area contributed by atoms with Crippen molar-refractivity contribution in [3.8, 4) is 0 Å². The number of nitrogens with two attached hydrogens (primary N) is 1. The summed E-state index contributed by atoms with van der Waals surface area (Å²) in [4.78, 5) is 8.22. The SMILES string of the molecule is CS(=O)(=O)c1ccc2nc(C3CCCCCC3N)[nH]c2c1. The first-order valence-corrected chi connectivity index (χ1v) is 9.29. The summed E-state index contributed by atoms with van der Waals surface area (Å²) >= 11 is 0. The highest BCUT2D eigenvalue weighted by Gasteiger charge is 2.25. The normalized spacial score (nSPS) is 24.1. The molecule has 21 heavy (non-hydrogen) atoms. The van der Waals surface area contributed by atoms with Gasteiger partial charge in [-0.25, -0.2) is 13.4 Å². The van der Waals surface area contributed by atoms with E-state index in [2.05, 4.69) is 9.97 Å². The molecule has 3 rings (SSSR count). The minimum atomic E-state index is -3.20. The number of nitrogens with one attached hydrogen (secondary N) is 1.